The lowest BCUT2D eigenvalue weighted by Gasteiger charge is -2.32. The molecule has 3 aliphatic carbocycles. The van der Waals surface area contributed by atoms with E-state index in [1.165, 1.54) is 89.0 Å². The highest BCUT2D eigenvalue weighted by molar-refractivity contribution is 6.62. The number of hydrogen-bond donors (Lipinski definition) is 0. The highest BCUT2D eigenvalue weighted by Crippen LogP contribution is 2.54. The summed E-state index contributed by atoms with van der Waals surface area (Å²) in [5.74, 6) is 0. The Bertz CT molecular complexity index is 2580. The van der Waals surface area contributed by atoms with Gasteiger partial charge in [-0.2, -0.15) is 0 Å². The van der Waals surface area contributed by atoms with Crippen molar-refractivity contribution in [1.29, 1.82) is 0 Å². The largest absolute Gasteiger partial charge is 0.494 e. The van der Waals surface area contributed by atoms with Crippen molar-refractivity contribution >= 4 is 12.6 Å². The van der Waals surface area contributed by atoms with Gasteiger partial charge in [0.25, 0.3) is 0 Å². The zero-order chi connectivity index (χ0) is 37.7. The molecule has 0 unspecified atom stereocenters. The maximum atomic E-state index is 6.45. The lowest BCUT2D eigenvalue weighted by atomic mass is 9.74. The average molecular weight is 705 g/mol. The smallest absolute Gasteiger partial charge is 0.399 e. The summed E-state index contributed by atoms with van der Waals surface area (Å²) in [7, 11) is -0.372. The Morgan fingerprint density at radius 3 is 1.06 bits per heavy atom. The van der Waals surface area contributed by atoms with Crippen LogP contribution in [0, 0.1) is 0 Å². The van der Waals surface area contributed by atoms with Crippen LogP contribution in [0.4, 0.5) is 0 Å². The van der Waals surface area contributed by atoms with Gasteiger partial charge in [-0.05, 0) is 146 Å². The van der Waals surface area contributed by atoms with Crippen LogP contribution in [0.5, 0.6) is 0 Å². The maximum absolute atomic E-state index is 6.45. The lowest BCUT2D eigenvalue weighted by molar-refractivity contribution is 0.00578. The Balaban J connectivity index is 0.972. The predicted molar refractivity (Wildman–Crippen MR) is 226 cm³/mol. The average Bonchev–Trinajstić information content (AvgIpc) is 3.71. The highest BCUT2D eigenvalue weighted by Gasteiger charge is 2.52. The van der Waals surface area contributed by atoms with E-state index in [0.717, 1.165) is 5.46 Å². The van der Waals surface area contributed by atoms with E-state index < -0.39 is 0 Å². The monoisotopic (exact) mass is 704 g/mol. The molecule has 1 heterocycles. The van der Waals surface area contributed by atoms with Gasteiger partial charge in [0.2, 0.25) is 0 Å². The second-order valence-corrected chi connectivity index (χ2v) is 18.9. The molecule has 0 N–H and O–H groups in total. The Morgan fingerprint density at radius 2 is 0.648 bits per heavy atom. The van der Waals surface area contributed by atoms with E-state index in [1.807, 2.05) is 0 Å². The fraction of sp³-hybridized carbons (Fsp3) is 0.294. The molecule has 4 aliphatic rings. The van der Waals surface area contributed by atoms with Gasteiger partial charge in [0.15, 0.2) is 0 Å². The van der Waals surface area contributed by atoms with Crippen molar-refractivity contribution in [2.24, 2.45) is 0 Å². The van der Waals surface area contributed by atoms with E-state index in [-0.39, 0.29) is 34.6 Å². The normalized spacial score (nSPS) is 19.5. The first-order chi connectivity index (χ1) is 25.5. The Morgan fingerprint density at radius 1 is 0.333 bits per heavy atom. The van der Waals surface area contributed by atoms with Gasteiger partial charge < -0.3 is 9.31 Å². The minimum absolute atomic E-state index is 0.0165. The van der Waals surface area contributed by atoms with E-state index in [9.17, 15) is 0 Å². The Labute approximate surface area is 321 Å². The quantitative estimate of drug-likeness (QED) is 0.171. The number of rotatable bonds is 3. The highest BCUT2D eigenvalue weighted by atomic mass is 16.7. The van der Waals surface area contributed by atoms with E-state index in [4.69, 9.17) is 9.31 Å². The minimum Gasteiger partial charge on any atom is -0.399 e. The first-order valence-corrected chi connectivity index (χ1v) is 19.7. The molecule has 0 bridgehead atoms. The zero-order valence-corrected chi connectivity index (χ0v) is 33.4. The van der Waals surface area contributed by atoms with E-state index in [2.05, 4.69) is 184 Å². The first-order valence-electron chi connectivity index (χ1n) is 19.7. The van der Waals surface area contributed by atoms with E-state index in [1.54, 1.807) is 0 Å². The molecule has 0 spiro atoms. The topological polar surface area (TPSA) is 18.5 Å². The van der Waals surface area contributed by atoms with Gasteiger partial charge in [-0.15, -0.1) is 0 Å². The van der Waals surface area contributed by atoms with Crippen molar-refractivity contribution < 1.29 is 9.31 Å². The third kappa shape index (κ3) is 4.49. The molecule has 6 aromatic rings. The van der Waals surface area contributed by atoms with Crippen molar-refractivity contribution in [1.82, 2.24) is 0 Å². The van der Waals surface area contributed by atoms with Gasteiger partial charge in [0.05, 0.1) is 11.2 Å². The van der Waals surface area contributed by atoms with Crippen LogP contribution in [-0.2, 0) is 25.6 Å². The van der Waals surface area contributed by atoms with Crippen LogP contribution in [0.25, 0.3) is 55.6 Å². The van der Waals surface area contributed by atoms with Gasteiger partial charge >= 0.3 is 7.12 Å². The fourth-order valence-electron chi connectivity index (χ4n) is 10.0. The summed E-state index contributed by atoms with van der Waals surface area (Å²) in [6, 6.07) is 44.1. The molecule has 0 aromatic heterocycles. The van der Waals surface area contributed by atoms with Crippen LogP contribution < -0.4 is 5.46 Å². The zero-order valence-electron chi connectivity index (χ0n) is 33.4. The number of benzene rings is 6. The van der Waals surface area contributed by atoms with E-state index >= 15 is 0 Å². The fourth-order valence-corrected chi connectivity index (χ4v) is 10.0. The molecule has 54 heavy (non-hydrogen) atoms. The summed E-state index contributed by atoms with van der Waals surface area (Å²) in [5.41, 5.74) is 21.5. The molecule has 1 aliphatic heterocycles. The molecule has 0 saturated carbocycles. The SMILES string of the molecule is CC1(C)c2ccccc2-c2ccc(-c3ccc4c(c3)C(C)(C)c3cc(-c5ccc6c(c5)C(C)(C)c5cc(B7OC(C)(C)C(C)(C)O7)ccc5-6)ccc3-4)cc21. The second-order valence-electron chi connectivity index (χ2n) is 18.9. The molecule has 0 atom stereocenters. The van der Waals surface area contributed by atoms with Crippen molar-refractivity contribution in [2.45, 2.75) is 96.7 Å². The maximum Gasteiger partial charge on any atom is 0.494 e. The molecular formula is C51H49BO2. The summed E-state index contributed by atoms with van der Waals surface area (Å²) >= 11 is 0. The van der Waals surface area contributed by atoms with Gasteiger partial charge in [0.1, 0.15) is 0 Å². The summed E-state index contributed by atoms with van der Waals surface area (Å²) in [6.07, 6.45) is 0. The minimum atomic E-state index is -0.372. The van der Waals surface area contributed by atoms with Crippen LogP contribution in [0.2, 0.25) is 0 Å². The van der Waals surface area contributed by atoms with Gasteiger partial charge in [-0.25, -0.2) is 0 Å². The summed E-state index contributed by atoms with van der Waals surface area (Å²) in [4.78, 5) is 0. The van der Waals surface area contributed by atoms with Crippen molar-refractivity contribution in [3.05, 3.63) is 149 Å². The summed E-state index contributed by atoms with van der Waals surface area (Å²) in [6.45, 7) is 22.7. The third-order valence-corrected chi connectivity index (χ3v) is 14.2. The van der Waals surface area contributed by atoms with Gasteiger partial charge in [-0.3, -0.25) is 0 Å². The van der Waals surface area contributed by atoms with Crippen molar-refractivity contribution in [2.75, 3.05) is 0 Å². The molecule has 0 radical (unpaired) electrons. The summed E-state index contributed by atoms with van der Waals surface area (Å²) < 4.78 is 12.9. The second kappa shape index (κ2) is 10.7. The third-order valence-electron chi connectivity index (χ3n) is 14.2. The van der Waals surface area contributed by atoms with E-state index in [0.29, 0.717) is 0 Å². The molecule has 10 rings (SSSR count). The Kier molecular flexibility index (Phi) is 6.73. The molecule has 0 amide bonds. The molecule has 1 saturated heterocycles. The van der Waals surface area contributed by atoms with Crippen LogP contribution in [-0.4, -0.2) is 18.3 Å². The molecule has 2 nitrogen and oxygen atoms in total. The van der Waals surface area contributed by atoms with Crippen LogP contribution in [0.3, 0.4) is 0 Å². The standard InChI is InChI=1S/C51H49BO2/c1-47(2)41-14-12-11-13-35(41)36-20-15-30(25-42(36)47)31-16-21-37-38-22-17-32(27-44(38)48(3,4)43(37)26-31)33-18-23-39-40-24-19-34(29-46(40)49(5,6)45(39)28-33)52-53-50(7,8)51(9,10)54-52/h11-29H,1-10H3. The molecule has 3 heteroatoms. The van der Waals surface area contributed by atoms with Gasteiger partial charge in [0, 0.05) is 16.2 Å². The molecular weight excluding hydrogens is 655 g/mol. The number of hydrogen-bond acceptors (Lipinski definition) is 2. The van der Waals surface area contributed by atoms with Crippen LogP contribution >= 0.6 is 0 Å². The lowest BCUT2D eigenvalue weighted by Crippen LogP contribution is -2.41. The first kappa shape index (κ1) is 33.8. The summed E-state index contributed by atoms with van der Waals surface area (Å²) in [5, 5.41) is 0. The predicted octanol–water partition coefficient (Wildman–Crippen LogP) is 12.2. The van der Waals surface area contributed by atoms with Crippen molar-refractivity contribution in [3.8, 4) is 55.6 Å². The molecule has 1 fully saturated rings. The number of fused-ring (bicyclic) bond motifs is 9. The van der Waals surface area contributed by atoms with Crippen LogP contribution in [0.1, 0.15) is 103 Å². The van der Waals surface area contributed by atoms with Crippen LogP contribution in [0.15, 0.2) is 115 Å². The van der Waals surface area contributed by atoms with Gasteiger partial charge in [-0.1, -0.05) is 133 Å². The molecule has 268 valence electrons. The molecule has 6 aromatic carbocycles. The Hall–Kier alpha value is -4.70. The van der Waals surface area contributed by atoms with Crippen molar-refractivity contribution in [3.63, 3.8) is 0 Å².